The van der Waals surface area contributed by atoms with E-state index >= 15 is 0 Å². The third-order valence-electron chi connectivity index (χ3n) is 3.55. The highest BCUT2D eigenvalue weighted by Gasteiger charge is 2.34. The topological polar surface area (TPSA) is 96.7 Å². The van der Waals surface area contributed by atoms with Crippen LogP contribution in [-0.2, 0) is 6.42 Å². The number of aromatic amines is 1. The third kappa shape index (κ3) is 2.69. The minimum absolute atomic E-state index is 0.221. The second kappa shape index (κ2) is 5.48. The second-order valence-corrected chi connectivity index (χ2v) is 5.00. The standard InChI is InChI=1S/C12H21N5O/c1-2-5-9-14-10(17-16-9)11(18)15-12(8-13)6-3-4-7-12/h2-8,13H2,1H3,(H,15,18)(H,14,16,17). The van der Waals surface area contributed by atoms with Crippen molar-refractivity contribution in [3.05, 3.63) is 11.6 Å². The van der Waals surface area contributed by atoms with E-state index in [1.165, 1.54) is 0 Å². The van der Waals surface area contributed by atoms with Gasteiger partial charge in [-0.1, -0.05) is 19.8 Å². The molecular formula is C12H21N5O. The highest BCUT2D eigenvalue weighted by Crippen LogP contribution is 2.28. The summed E-state index contributed by atoms with van der Waals surface area (Å²) in [5.41, 5.74) is 5.54. The normalized spacial score (nSPS) is 17.9. The van der Waals surface area contributed by atoms with Crippen LogP contribution in [0, 0.1) is 0 Å². The summed E-state index contributed by atoms with van der Waals surface area (Å²) in [6, 6.07) is 0. The molecule has 1 aromatic heterocycles. The van der Waals surface area contributed by atoms with E-state index in [0.717, 1.165) is 44.3 Å². The van der Waals surface area contributed by atoms with Gasteiger partial charge in [0.05, 0.1) is 5.54 Å². The van der Waals surface area contributed by atoms with Gasteiger partial charge in [-0.2, -0.15) is 0 Å². The van der Waals surface area contributed by atoms with Crippen LogP contribution in [0.3, 0.4) is 0 Å². The lowest BCUT2D eigenvalue weighted by atomic mass is 9.98. The van der Waals surface area contributed by atoms with Crippen LogP contribution in [0.1, 0.15) is 55.5 Å². The van der Waals surface area contributed by atoms with Crippen molar-refractivity contribution in [1.29, 1.82) is 0 Å². The van der Waals surface area contributed by atoms with E-state index in [4.69, 9.17) is 5.73 Å². The van der Waals surface area contributed by atoms with E-state index in [1.54, 1.807) is 0 Å². The van der Waals surface area contributed by atoms with Crippen molar-refractivity contribution in [2.75, 3.05) is 6.54 Å². The van der Waals surface area contributed by atoms with Gasteiger partial charge in [-0.25, -0.2) is 4.98 Å². The van der Waals surface area contributed by atoms with Crippen molar-refractivity contribution in [1.82, 2.24) is 20.5 Å². The molecule has 0 saturated heterocycles. The maximum atomic E-state index is 12.1. The smallest absolute Gasteiger partial charge is 0.291 e. The SMILES string of the molecule is CCCc1nc(C(=O)NC2(CN)CCCC2)n[nH]1. The zero-order valence-electron chi connectivity index (χ0n) is 10.8. The first-order valence-electron chi connectivity index (χ1n) is 6.63. The molecule has 0 aliphatic heterocycles. The van der Waals surface area contributed by atoms with Crippen molar-refractivity contribution < 1.29 is 4.79 Å². The van der Waals surface area contributed by atoms with Crippen LogP contribution < -0.4 is 11.1 Å². The zero-order chi connectivity index (χ0) is 13.0. The monoisotopic (exact) mass is 251 g/mol. The van der Waals surface area contributed by atoms with Crippen LogP contribution in [0.15, 0.2) is 0 Å². The predicted octanol–water partition coefficient (Wildman–Crippen LogP) is 0.758. The Morgan fingerprint density at radius 1 is 1.50 bits per heavy atom. The van der Waals surface area contributed by atoms with Gasteiger partial charge in [0.1, 0.15) is 5.82 Å². The minimum Gasteiger partial charge on any atom is -0.343 e. The number of aromatic nitrogens is 3. The van der Waals surface area contributed by atoms with Gasteiger partial charge in [0, 0.05) is 13.0 Å². The lowest BCUT2D eigenvalue weighted by molar-refractivity contribution is 0.0892. The Bertz CT molecular complexity index is 408. The number of amides is 1. The van der Waals surface area contributed by atoms with Crippen molar-refractivity contribution in [2.24, 2.45) is 5.73 Å². The van der Waals surface area contributed by atoms with Crippen molar-refractivity contribution >= 4 is 5.91 Å². The van der Waals surface area contributed by atoms with Gasteiger partial charge in [0.15, 0.2) is 0 Å². The highest BCUT2D eigenvalue weighted by molar-refractivity contribution is 5.90. The number of rotatable bonds is 5. The molecule has 18 heavy (non-hydrogen) atoms. The molecule has 4 N–H and O–H groups in total. The van der Waals surface area contributed by atoms with Gasteiger partial charge in [0.2, 0.25) is 5.82 Å². The van der Waals surface area contributed by atoms with Crippen molar-refractivity contribution in [2.45, 2.75) is 51.0 Å². The molecule has 0 atom stereocenters. The summed E-state index contributed by atoms with van der Waals surface area (Å²) in [6.45, 7) is 2.54. The Balaban J connectivity index is 2.02. The molecule has 0 radical (unpaired) electrons. The maximum Gasteiger partial charge on any atom is 0.291 e. The first-order valence-corrected chi connectivity index (χ1v) is 6.63. The van der Waals surface area contributed by atoms with E-state index < -0.39 is 0 Å². The van der Waals surface area contributed by atoms with Crippen LogP contribution in [-0.4, -0.2) is 33.2 Å². The van der Waals surface area contributed by atoms with Gasteiger partial charge >= 0.3 is 0 Å². The summed E-state index contributed by atoms with van der Waals surface area (Å²) in [7, 11) is 0. The summed E-state index contributed by atoms with van der Waals surface area (Å²) in [6.07, 6.45) is 5.91. The molecular weight excluding hydrogens is 230 g/mol. The molecule has 100 valence electrons. The fourth-order valence-electron chi connectivity index (χ4n) is 2.47. The fraction of sp³-hybridized carbons (Fsp3) is 0.750. The van der Waals surface area contributed by atoms with Crippen LogP contribution in [0.4, 0.5) is 0 Å². The largest absolute Gasteiger partial charge is 0.343 e. The summed E-state index contributed by atoms with van der Waals surface area (Å²) in [4.78, 5) is 16.3. The average Bonchev–Trinajstić information content (AvgIpc) is 2.99. The number of nitrogens with two attached hydrogens (primary N) is 1. The van der Waals surface area contributed by atoms with Gasteiger partial charge in [-0.05, 0) is 19.3 Å². The number of H-pyrrole nitrogens is 1. The van der Waals surface area contributed by atoms with E-state index in [9.17, 15) is 4.79 Å². The molecule has 1 aromatic rings. The number of carbonyl (C=O) groups excluding carboxylic acids is 1. The lowest BCUT2D eigenvalue weighted by Gasteiger charge is -2.27. The summed E-state index contributed by atoms with van der Waals surface area (Å²) in [5.74, 6) is 0.759. The summed E-state index contributed by atoms with van der Waals surface area (Å²) >= 11 is 0. The predicted molar refractivity (Wildman–Crippen MR) is 68.1 cm³/mol. The van der Waals surface area contributed by atoms with Crippen LogP contribution in [0.2, 0.25) is 0 Å². The molecule has 1 heterocycles. The first-order chi connectivity index (χ1) is 8.69. The molecule has 0 unspecified atom stereocenters. The van der Waals surface area contributed by atoms with E-state index in [-0.39, 0.29) is 17.3 Å². The van der Waals surface area contributed by atoms with Crippen LogP contribution >= 0.6 is 0 Å². The quantitative estimate of drug-likeness (QED) is 0.719. The minimum atomic E-state index is -0.247. The molecule has 1 aliphatic carbocycles. The fourth-order valence-corrected chi connectivity index (χ4v) is 2.47. The summed E-state index contributed by atoms with van der Waals surface area (Å²) < 4.78 is 0. The summed E-state index contributed by atoms with van der Waals surface area (Å²) in [5, 5.41) is 9.75. The van der Waals surface area contributed by atoms with Crippen molar-refractivity contribution in [3.63, 3.8) is 0 Å². The van der Waals surface area contributed by atoms with Gasteiger partial charge < -0.3 is 11.1 Å². The van der Waals surface area contributed by atoms with E-state index in [1.807, 2.05) is 0 Å². The first kappa shape index (κ1) is 13.0. The lowest BCUT2D eigenvalue weighted by Crippen LogP contribution is -2.51. The van der Waals surface area contributed by atoms with E-state index in [0.29, 0.717) is 6.54 Å². The molecule has 1 aliphatic rings. The van der Waals surface area contributed by atoms with E-state index in [2.05, 4.69) is 27.4 Å². The van der Waals surface area contributed by atoms with Gasteiger partial charge in [-0.15, -0.1) is 5.10 Å². The highest BCUT2D eigenvalue weighted by atomic mass is 16.2. The van der Waals surface area contributed by atoms with Crippen LogP contribution in [0.5, 0.6) is 0 Å². The Labute approximate surface area is 107 Å². The number of hydrogen-bond acceptors (Lipinski definition) is 4. The molecule has 1 amide bonds. The molecule has 0 aromatic carbocycles. The molecule has 1 fully saturated rings. The third-order valence-corrected chi connectivity index (χ3v) is 3.55. The molecule has 6 heteroatoms. The number of nitrogens with one attached hydrogen (secondary N) is 2. The number of aryl methyl sites for hydroxylation is 1. The number of hydrogen-bond donors (Lipinski definition) is 3. The van der Waals surface area contributed by atoms with Gasteiger partial charge in [0.25, 0.3) is 5.91 Å². The van der Waals surface area contributed by atoms with Crippen LogP contribution in [0.25, 0.3) is 0 Å². The number of carbonyl (C=O) groups is 1. The van der Waals surface area contributed by atoms with Crippen molar-refractivity contribution in [3.8, 4) is 0 Å². The zero-order valence-corrected chi connectivity index (χ0v) is 10.8. The molecule has 1 saturated carbocycles. The maximum absolute atomic E-state index is 12.1. The Morgan fingerprint density at radius 2 is 2.22 bits per heavy atom. The average molecular weight is 251 g/mol. The Kier molecular flexibility index (Phi) is 3.96. The number of nitrogens with zero attached hydrogens (tertiary/aromatic N) is 2. The molecule has 0 bridgehead atoms. The second-order valence-electron chi connectivity index (χ2n) is 5.00. The molecule has 2 rings (SSSR count). The van der Waals surface area contributed by atoms with Gasteiger partial charge in [-0.3, -0.25) is 9.89 Å². The Hall–Kier alpha value is -1.43. The Morgan fingerprint density at radius 3 is 2.83 bits per heavy atom. The molecule has 0 spiro atoms. The molecule has 6 nitrogen and oxygen atoms in total.